The molecule has 0 bridgehead atoms. The Morgan fingerprint density at radius 1 is 1.50 bits per heavy atom. The van der Waals surface area contributed by atoms with Gasteiger partial charge in [-0.2, -0.15) is 0 Å². The van der Waals surface area contributed by atoms with E-state index >= 15 is 0 Å². The number of ether oxygens (including phenoxy) is 1. The van der Waals surface area contributed by atoms with E-state index in [2.05, 4.69) is 34.4 Å². The Bertz CT molecular complexity index is 536. The zero-order valence-electron chi connectivity index (χ0n) is 15.2. The highest BCUT2D eigenvalue weighted by Crippen LogP contribution is 2.22. The number of carbonyl (C=O) groups is 1. The largest absolute Gasteiger partial charge is 0.383 e. The molecule has 1 aliphatic heterocycles. The second kappa shape index (κ2) is 8.99. The average Bonchev–Trinajstić information content (AvgIpc) is 2.98. The minimum Gasteiger partial charge on any atom is -0.383 e. The maximum Gasteiger partial charge on any atom is 0.315 e. The van der Waals surface area contributed by atoms with Crippen LogP contribution in [-0.2, 0) is 4.74 Å². The Kier molecular flexibility index (Phi) is 6.99. The Morgan fingerprint density at radius 3 is 2.96 bits per heavy atom. The second-order valence-corrected chi connectivity index (χ2v) is 6.82. The van der Waals surface area contributed by atoms with Crippen LogP contribution in [0.25, 0.3) is 0 Å². The van der Waals surface area contributed by atoms with E-state index in [1.165, 1.54) is 0 Å². The summed E-state index contributed by atoms with van der Waals surface area (Å²) in [6.07, 6.45) is 2.76. The van der Waals surface area contributed by atoms with Crippen molar-refractivity contribution in [2.75, 3.05) is 33.4 Å². The first-order valence-electron chi connectivity index (χ1n) is 8.71. The van der Waals surface area contributed by atoms with Gasteiger partial charge < -0.3 is 15.4 Å². The Hall–Kier alpha value is -1.66. The Labute approximate surface area is 145 Å². The number of nitrogens with one attached hydrogen (secondary N) is 2. The molecule has 2 amide bonds. The van der Waals surface area contributed by atoms with Gasteiger partial charge in [-0.1, -0.05) is 19.9 Å². The molecule has 6 nitrogen and oxygen atoms in total. The molecule has 0 radical (unpaired) electrons. The highest BCUT2D eigenvalue weighted by atomic mass is 16.5. The van der Waals surface area contributed by atoms with E-state index in [-0.39, 0.29) is 24.0 Å². The minimum atomic E-state index is -0.114. The van der Waals surface area contributed by atoms with Crippen molar-refractivity contribution in [3.63, 3.8) is 0 Å². The van der Waals surface area contributed by atoms with Crippen molar-refractivity contribution in [2.24, 2.45) is 5.92 Å². The second-order valence-electron chi connectivity index (χ2n) is 6.82. The molecule has 2 atom stereocenters. The zero-order chi connectivity index (χ0) is 17.5. The molecular weight excluding hydrogens is 304 g/mol. The number of pyridine rings is 1. The Balaban J connectivity index is 1.89. The number of carbonyl (C=O) groups excluding carboxylic acids is 1. The third-order valence-corrected chi connectivity index (χ3v) is 4.52. The van der Waals surface area contributed by atoms with Crippen molar-refractivity contribution in [1.29, 1.82) is 0 Å². The minimum absolute atomic E-state index is 0.0859. The third-order valence-electron chi connectivity index (χ3n) is 4.52. The fourth-order valence-electron chi connectivity index (χ4n) is 3.12. The number of methoxy groups -OCH3 is 1. The monoisotopic (exact) mass is 334 g/mol. The molecule has 1 saturated heterocycles. The van der Waals surface area contributed by atoms with Crippen LogP contribution in [0.2, 0.25) is 0 Å². The van der Waals surface area contributed by atoms with Gasteiger partial charge in [0.05, 0.1) is 18.3 Å². The summed E-state index contributed by atoms with van der Waals surface area (Å²) >= 11 is 0. The number of likely N-dealkylation sites (tertiary alicyclic amines) is 1. The first-order valence-corrected chi connectivity index (χ1v) is 8.71. The predicted octanol–water partition coefficient (Wildman–Crippen LogP) is 2.11. The van der Waals surface area contributed by atoms with Crippen molar-refractivity contribution in [3.8, 4) is 0 Å². The predicted molar refractivity (Wildman–Crippen MR) is 94.9 cm³/mol. The fourth-order valence-corrected chi connectivity index (χ4v) is 3.12. The molecule has 0 aliphatic carbocycles. The SMILES string of the molecule is COCCN1CC[C@H](NC(=O)N[C@@H](c2ncccc2C)C(C)C)C1. The van der Waals surface area contributed by atoms with Crippen LogP contribution in [0.5, 0.6) is 0 Å². The molecule has 1 aromatic rings. The van der Waals surface area contributed by atoms with E-state index in [0.29, 0.717) is 0 Å². The number of hydrogen-bond acceptors (Lipinski definition) is 4. The van der Waals surface area contributed by atoms with Gasteiger partial charge >= 0.3 is 6.03 Å². The van der Waals surface area contributed by atoms with Crippen LogP contribution < -0.4 is 10.6 Å². The van der Waals surface area contributed by atoms with Gasteiger partial charge in [0.25, 0.3) is 0 Å². The van der Waals surface area contributed by atoms with E-state index in [0.717, 1.165) is 43.9 Å². The number of aromatic nitrogens is 1. The summed E-state index contributed by atoms with van der Waals surface area (Å²) in [6.45, 7) is 9.75. The molecule has 1 fully saturated rings. The normalized spacial score (nSPS) is 19.5. The van der Waals surface area contributed by atoms with Gasteiger partial charge in [-0.25, -0.2) is 4.79 Å². The van der Waals surface area contributed by atoms with E-state index in [1.807, 2.05) is 19.1 Å². The van der Waals surface area contributed by atoms with Crippen LogP contribution in [0.3, 0.4) is 0 Å². The topological polar surface area (TPSA) is 66.5 Å². The lowest BCUT2D eigenvalue weighted by Gasteiger charge is -2.24. The standard InChI is InChI=1S/C18H30N4O2/c1-13(2)16(17-14(3)6-5-8-19-17)21-18(23)20-15-7-9-22(12-15)10-11-24-4/h5-6,8,13,15-16H,7,9-12H2,1-4H3,(H2,20,21,23)/t15-,16+/m0/s1. The van der Waals surface area contributed by atoms with Gasteiger partial charge in [0.15, 0.2) is 0 Å². The third kappa shape index (κ3) is 5.18. The molecular formula is C18H30N4O2. The van der Waals surface area contributed by atoms with Crippen LogP contribution in [0.4, 0.5) is 4.79 Å². The van der Waals surface area contributed by atoms with E-state index < -0.39 is 0 Å². The summed E-state index contributed by atoms with van der Waals surface area (Å²) in [5.41, 5.74) is 2.04. The summed E-state index contributed by atoms with van der Waals surface area (Å²) < 4.78 is 5.11. The zero-order valence-corrected chi connectivity index (χ0v) is 15.2. The molecule has 2 N–H and O–H groups in total. The van der Waals surface area contributed by atoms with Crippen LogP contribution in [0.15, 0.2) is 18.3 Å². The molecule has 0 spiro atoms. The van der Waals surface area contributed by atoms with E-state index in [4.69, 9.17) is 4.74 Å². The number of aryl methyl sites for hydroxylation is 1. The summed E-state index contributed by atoms with van der Waals surface area (Å²) in [5.74, 6) is 0.270. The fraction of sp³-hybridized carbons (Fsp3) is 0.667. The first-order chi connectivity index (χ1) is 11.5. The highest BCUT2D eigenvalue weighted by Gasteiger charge is 2.26. The molecule has 24 heavy (non-hydrogen) atoms. The maximum atomic E-state index is 12.4. The molecule has 1 aliphatic rings. The molecule has 2 heterocycles. The van der Waals surface area contributed by atoms with Crippen LogP contribution in [0.1, 0.15) is 37.6 Å². The van der Waals surface area contributed by atoms with Crippen LogP contribution in [0, 0.1) is 12.8 Å². The number of hydrogen-bond donors (Lipinski definition) is 2. The number of nitrogens with zero attached hydrogens (tertiary/aromatic N) is 2. The lowest BCUT2D eigenvalue weighted by molar-refractivity contribution is 0.159. The summed E-state index contributed by atoms with van der Waals surface area (Å²) in [6, 6.07) is 3.94. The molecule has 0 aromatic carbocycles. The number of amides is 2. The molecule has 0 saturated carbocycles. The van der Waals surface area contributed by atoms with Crippen molar-refractivity contribution in [2.45, 2.75) is 39.3 Å². The van der Waals surface area contributed by atoms with Crippen molar-refractivity contribution in [3.05, 3.63) is 29.6 Å². The highest BCUT2D eigenvalue weighted by molar-refractivity contribution is 5.74. The van der Waals surface area contributed by atoms with Gasteiger partial charge in [-0.05, 0) is 30.9 Å². The van der Waals surface area contributed by atoms with E-state index in [9.17, 15) is 4.79 Å². The summed E-state index contributed by atoms with van der Waals surface area (Å²) in [7, 11) is 1.71. The quantitative estimate of drug-likeness (QED) is 0.801. The van der Waals surface area contributed by atoms with Gasteiger partial charge in [0.1, 0.15) is 0 Å². The molecule has 2 rings (SSSR count). The van der Waals surface area contributed by atoms with Gasteiger partial charge in [0.2, 0.25) is 0 Å². The Morgan fingerprint density at radius 2 is 2.29 bits per heavy atom. The lowest BCUT2D eigenvalue weighted by Crippen LogP contribution is -2.46. The smallest absolute Gasteiger partial charge is 0.315 e. The molecule has 134 valence electrons. The van der Waals surface area contributed by atoms with Gasteiger partial charge in [-0.3, -0.25) is 9.88 Å². The van der Waals surface area contributed by atoms with Gasteiger partial charge in [0, 0.05) is 39.0 Å². The number of urea groups is 1. The first kappa shape index (κ1) is 18.7. The maximum absolute atomic E-state index is 12.4. The number of rotatable bonds is 7. The summed E-state index contributed by atoms with van der Waals surface area (Å²) in [5, 5.41) is 6.20. The lowest BCUT2D eigenvalue weighted by atomic mass is 9.97. The van der Waals surface area contributed by atoms with Gasteiger partial charge in [-0.15, -0.1) is 0 Å². The molecule has 6 heteroatoms. The average molecular weight is 334 g/mol. The van der Waals surface area contributed by atoms with Crippen LogP contribution >= 0.6 is 0 Å². The summed E-state index contributed by atoms with van der Waals surface area (Å²) in [4.78, 5) is 19.2. The van der Waals surface area contributed by atoms with E-state index in [1.54, 1.807) is 13.3 Å². The van der Waals surface area contributed by atoms with Crippen LogP contribution in [-0.4, -0.2) is 55.3 Å². The molecule has 1 aromatic heterocycles. The van der Waals surface area contributed by atoms with Crippen molar-refractivity contribution < 1.29 is 9.53 Å². The molecule has 0 unspecified atom stereocenters. The van der Waals surface area contributed by atoms with Crippen molar-refractivity contribution in [1.82, 2.24) is 20.5 Å². The van der Waals surface area contributed by atoms with Crippen molar-refractivity contribution >= 4 is 6.03 Å².